The van der Waals surface area contributed by atoms with Gasteiger partial charge in [-0.05, 0) is 40.0 Å². The summed E-state index contributed by atoms with van der Waals surface area (Å²) in [6.45, 7) is 0.821. The van der Waals surface area contributed by atoms with Gasteiger partial charge in [0.25, 0.3) is 0 Å². The summed E-state index contributed by atoms with van der Waals surface area (Å²) < 4.78 is 2.75. The molecule has 0 amide bonds. The van der Waals surface area contributed by atoms with Crippen LogP contribution in [0.15, 0.2) is 53.1 Å². The summed E-state index contributed by atoms with van der Waals surface area (Å²) in [4.78, 5) is 4.40. The van der Waals surface area contributed by atoms with Gasteiger partial charge in [-0.3, -0.25) is 0 Å². The molecule has 3 rings (SSSR count). The van der Waals surface area contributed by atoms with E-state index in [1.807, 2.05) is 24.4 Å². The second-order valence-electron chi connectivity index (χ2n) is 4.25. The minimum atomic E-state index is 0.661. The van der Waals surface area contributed by atoms with E-state index in [4.69, 9.17) is 0 Å². The number of hydrogen-bond donors (Lipinski definition) is 1. The Kier molecular flexibility index (Phi) is 3.46. The van der Waals surface area contributed by atoms with Crippen molar-refractivity contribution in [1.29, 1.82) is 0 Å². The summed E-state index contributed by atoms with van der Waals surface area (Å²) in [6.07, 6.45) is 2.85. The molecule has 0 atom stereocenters. The standard InChI is InChI=1S/C14H13BrN4/c15-12-6-7-13-17-14(18-19(13)10-12)16-9-8-11-4-2-1-3-5-11/h1-7,10H,8-9H2,(H,16,18). The van der Waals surface area contributed by atoms with Gasteiger partial charge in [0.15, 0.2) is 5.65 Å². The lowest BCUT2D eigenvalue weighted by molar-refractivity contribution is 0.934. The number of nitrogens with one attached hydrogen (secondary N) is 1. The predicted octanol–water partition coefficient (Wildman–Crippen LogP) is 3.15. The summed E-state index contributed by atoms with van der Waals surface area (Å²) in [6, 6.07) is 14.3. The molecule has 2 aromatic heterocycles. The van der Waals surface area contributed by atoms with Crippen LogP contribution in [0.5, 0.6) is 0 Å². The van der Waals surface area contributed by atoms with Crippen molar-refractivity contribution < 1.29 is 0 Å². The quantitative estimate of drug-likeness (QED) is 0.804. The third kappa shape index (κ3) is 2.93. The van der Waals surface area contributed by atoms with Crippen molar-refractivity contribution in [3.63, 3.8) is 0 Å². The van der Waals surface area contributed by atoms with Gasteiger partial charge in [-0.1, -0.05) is 30.3 Å². The molecule has 5 heteroatoms. The van der Waals surface area contributed by atoms with E-state index in [9.17, 15) is 0 Å². The molecule has 0 unspecified atom stereocenters. The number of nitrogens with zero attached hydrogens (tertiary/aromatic N) is 3. The van der Waals surface area contributed by atoms with Gasteiger partial charge in [-0.15, -0.1) is 5.10 Å². The molecule has 19 heavy (non-hydrogen) atoms. The number of pyridine rings is 1. The van der Waals surface area contributed by atoms with Gasteiger partial charge in [0.05, 0.1) is 0 Å². The highest BCUT2D eigenvalue weighted by atomic mass is 79.9. The second kappa shape index (κ2) is 5.40. The molecule has 0 bridgehead atoms. The molecule has 0 aliphatic carbocycles. The summed E-state index contributed by atoms with van der Waals surface area (Å²) in [5.74, 6) is 0.661. The van der Waals surface area contributed by atoms with Gasteiger partial charge < -0.3 is 5.32 Å². The number of fused-ring (bicyclic) bond motifs is 1. The van der Waals surface area contributed by atoms with Crippen LogP contribution in [0.1, 0.15) is 5.56 Å². The van der Waals surface area contributed by atoms with Crippen molar-refractivity contribution in [2.45, 2.75) is 6.42 Å². The van der Waals surface area contributed by atoms with Gasteiger partial charge in [0.1, 0.15) is 0 Å². The molecule has 0 saturated heterocycles. The maximum Gasteiger partial charge on any atom is 0.243 e. The normalized spacial score (nSPS) is 10.8. The Labute approximate surface area is 119 Å². The number of aromatic nitrogens is 3. The van der Waals surface area contributed by atoms with Gasteiger partial charge in [-0.2, -0.15) is 4.98 Å². The van der Waals surface area contributed by atoms with E-state index >= 15 is 0 Å². The van der Waals surface area contributed by atoms with Gasteiger partial charge in [0.2, 0.25) is 5.95 Å². The minimum absolute atomic E-state index is 0.661. The molecule has 96 valence electrons. The van der Waals surface area contributed by atoms with E-state index in [0.29, 0.717) is 5.95 Å². The first-order chi connectivity index (χ1) is 9.31. The van der Waals surface area contributed by atoms with Crippen LogP contribution in [0.2, 0.25) is 0 Å². The first kappa shape index (κ1) is 12.2. The Balaban J connectivity index is 1.65. The molecule has 0 fully saturated rings. The average Bonchev–Trinajstić information content (AvgIpc) is 2.82. The van der Waals surface area contributed by atoms with E-state index in [-0.39, 0.29) is 0 Å². The molecule has 3 aromatic rings. The highest BCUT2D eigenvalue weighted by Crippen LogP contribution is 2.12. The molecular formula is C14H13BrN4. The Hall–Kier alpha value is -1.88. The number of anilines is 1. The fourth-order valence-corrected chi connectivity index (χ4v) is 2.22. The molecule has 1 aromatic carbocycles. The molecule has 0 spiro atoms. The number of halogens is 1. The zero-order valence-electron chi connectivity index (χ0n) is 10.3. The Morgan fingerprint density at radius 2 is 1.95 bits per heavy atom. The second-order valence-corrected chi connectivity index (χ2v) is 5.16. The van der Waals surface area contributed by atoms with E-state index in [2.05, 4.69) is 55.6 Å². The summed E-state index contributed by atoms with van der Waals surface area (Å²) in [5, 5.41) is 7.61. The molecule has 0 saturated carbocycles. The van der Waals surface area contributed by atoms with E-state index < -0.39 is 0 Å². The third-order valence-corrected chi connectivity index (χ3v) is 3.30. The van der Waals surface area contributed by atoms with E-state index in [1.54, 1.807) is 4.52 Å². The fraction of sp³-hybridized carbons (Fsp3) is 0.143. The van der Waals surface area contributed by atoms with Crippen molar-refractivity contribution in [2.24, 2.45) is 0 Å². The lowest BCUT2D eigenvalue weighted by Crippen LogP contribution is -2.06. The number of hydrogen-bond acceptors (Lipinski definition) is 3. The highest BCUT2D eigenvalue weighted by Gasteiger charge is 2.02. The van der Waals surface area contributed by atoms with Crippen molar-refractivity contribution >= 4 is 27.5 Å². The first-order valence-corrected chi connectivity index (χ1v) is 6.90. The van der Waals surface area contributed by atoms with Crippen LogP contribution in [-0.2, 0) is 6.42 Å². The Morgan fingerprint density at radius 1 is 1.11 bits per heavy atom. The van der Waals surface area contributed by atoms with Gasteiger partial charge in [-0.25, -0.2) is 4.52 Å². The summed E-state index contributed by atoms with van der Waals surface area (Å²) in [5.41, 5.74) is 2.15. The molecule has 0 radical (unpaired) electrons. The lowest BCUT2D eigenvalue weighted by atomic mass is 10.1. The molecule has 4 nitrogen and oxygen atoms in total. The van der Waals surface area contributed by atoms with Crippen LogP contribution in [0.25, 0.3) is 5.65 Å². The van der Waals surface area contributed by atoms with Crippen molar-refractivity contribution in [3.05, 3.63) is 58.7 Å². The maximum absolute atomic E-state index is 4.40. The van der Waals surface area contributed by atoms with E-state index in [1.165, 1.54) is 5.56 Å². The smallest absolute Gasteiger partial charge is 0.243 e. The van der Waals surface area contributed by atoms with Crippen LogP contribution < -0.4 is 5.32 Å². The van der Waals surface area contributed by atoms with Crippen LogP contribution in [0, 0.1) is 0 Å². The first-order valence-electron chi connectivity index (χ1n) is 6.11. The van der Waals surface area contributed by atoms with Crippen molar-refractivity contribution in [2.75, 3.05) is 11.9 Å². The highest BCUT2D eigenvalue weighted by molar-refractivity contribution is 9.10. The molecule has 2 heterocycles. The topological polar surface area (TPSA) is 42.2 Å². The van der Waals surface area contributed by atoms with Crippen LogP contribution in [-0.4, -0.2) is 21.1 Å². The summed E-state index contributed by atoms with van der Waals surface area (Å²) in [7, 11) is 0. The molecule has 0 aliphatic heterocycles. The predicted molar refractivity (Wildman–Crippen MR) is 79.3 cm³/mol. The fourth-order valence-electron chi connectivity index (χ4n) is 1.90. The monoisotopic (exact) mass is 316 g/mol. The van der Waals surface area contributed by atoms with Gasteiger partial charge in [0, 0.05) is 17.2 Å². The third-order valence-electron chi connectivity index (χ3n) is 2.83. The SMILES string of the molecule is Brc1ccc2nc(NCCc3ccccc3)nn2c1. The molecule has 0 aliphatic rings. The molecular weight excluding hydrogens is 304 g/mol. The van der Waals surface area contributed by atoms with Crippen LogP contribution in [0.3, 0.4) is 0 Å². The van der Waals surface area contributed by atoms with Crippen molar-refractivity contribution in [1.82, 2.24) is 14.6 Å². The van der Waals surface area contributed by atoms with Crippen LogP contribution in [0.4, 0.5) is 5.95 Å². The average molecular weight is 317 g/mol. The minimum Gasteiger partial charge on any atom is -0.353 e. The van der Waals surface area contributed by atoms with Gasteiger partial charge >= 0.3 is 0 Å². The van der Waals surface area contributed by atoms with E-state index in [0.717, 1.165) is 23.1 Å². The van der Waals surface area contributed by atoms with Crippen LogP contribution >= 0.6 is 15.9 Å². The number of rotatable bonds is 4. The Bertz CT molecular complexity index is 678. The van der Waals surface area contributed by atoms with Crippen molar-refractivity contribution in [3.8, 4) is 0 Å². The zero-order chi connectivity index (χ0) is 13.1. The summed E-state index contributed by atoms with van der Waals surface area (Å²) >= 11 is 3.42. The largest absolute Gasteiger partial charge is 0.353 e. The number of benzene rings is 1. The lowest BCUT2D eigenvalue weighted by Gasteiger charge is -2.01. The molecule has 1 N–H and O–H groups in total. The Morgan fingerprint density at radius 3 is 2.79 bits per heavy atom. The zero-order valence-corrected chi connectivity index (χ0v) is 11.8. The maximum atomic E-state index is 4.40.